The Labute approximate surface area is 117 Å². The van der Waals surface area contributed by atoms with Gasteiger partial charge in [0.2, 0.25) is 0 Å². The Hall–Kier alpha value is -2.20. The van der Waals surface area contributed by atoms with Crippen LogP contribution in [0.25, 0.3) is 0 Å². The van der Waals surface area contributed by atoms with Crippen LogP contribution >= 0.6 is 0 Å². The molecular formula is C13H18N6O. The number of hydrogen-bond acceptors (Lipinski definition) is 6. The van der Waals surface area contributed by atoms with Gasteiger partial charge in [0.25, 0.3) is 0 Å². The fourth-order valence-corrected chi connectivity index (χ4v) is 1.97. The standard InChI is InChI=1S/C13H18N6O/c1-2-7-19-13(15-16-17-19)11-18(8-4-6-14)10-12-5-3-9-20-12/h3,5,9H,2,4,7-8,10-11H2,1H3. The van der Waals surface area contributed by atoms with Gasteiger partial charge in [-0.15, -0.1) is 5.10 Å². The number of tetrazole rings is 1. The fraction of sp³-hybridized carbons (Fsp3) is 0.538. The molecule has 7 heteroatoms. The highest BCUT2D eigenvalue weighted by Crippen LogP contribution is 2.09. The minimum atomic E-state index is 0.468. The van der Waals surface area contributed by atoms with Gasteiger partial charge in [0.05, 0.1) is 25.4 Å². The summed E-state index contributed by atoms with van der Waals surface area (Å²) in [6.07, 6.45) is 3.10. The van der Waals surface area contributed by atoms with Crippen molar-refractivity contribution in [2.45, 2.75) is 39.4 Å². The van der Waals surface area contributed by atoms with Crippen molar-refractivity contribution in [2.75, 3.05) is 6.54 Å². The second-order valence-corrected chi connectivity index (χ2v) is 4.52. The zero-order valence-corrected chi connectivity index (χ0v) is 11.6. The summed E-state index contributed by atoms with van der Waals surface area (Å²) in [4.78, 5) is 2.11. The minimum Gasteiger partial charge on any atom is -0.468 e. The predicted octanol–water partition coefficient (Wildman–Crippen LogP) is 1.59. The van der Waals surface area contributed by atoms with Crippen molar-refractivity contribution < 1.29 is 4.42 Å². The lowest BCUT2D eigenvalue weighted by atomic mass is 10.3. The van der Waals surface area contributed by atoms with Crippen LogP contribution in [0.15, 0.2) is 22.8 Å². The second-order valence-electron chi connectivity index (χ2n) is 4.52. The molecule has 0 fully saturated rings. The molecule has 0 aliphatic carbocycles. The molecule has 0 bridgehead atoms. The summed E-state index contributed by atoms with van der Waals surface area (Å²) in [6, 6.07) is 5.95. The van der Waals surface area contributed by atoms with Crippen LogP contribution in [0.1, 0.15) is 31.4 Å². The van der Waals surface area contributed by atoms with E-state index in [0.717, 1.165) is 24.6 Å². The Kier molecular flexibility index (Phi) is 5.26. The van der Waals surface area contributed by atoms with Crippen molar-refractivity contribution in [1.29, 1.82) is 5.26 Å². The maximum Gasteiger partial charge on any atom is 0.165 e. The molecule has 0 saturated heterocycles. The Balaban J connectivity index is 2.02. The molecule has 2 aromatic rings. The van der Waals surface area contributed by atoms with E-state index in [9.17, 15) is 0 Å². The Morgan fingerprint density at radius 2 is 2.35 bits per heavy atom. The number of nitriles is 1. The molecule has 0 atom stereocenters. The molecule has 0 radical (unpaired) electrons. The molecule has 0 amide bonds. The highest BCUT2D eigenvalue weighted by atomic mass is 16.3. The minimum absolute atomic E-state index is 0.468. The molecule has 0 aliphatic rings. The van der Waals surface area contributed by atoms with Crippen molar-refractivity contribution in [3.63, 3.8) is 0 Å². The Morgan fingerprint density at radius 3 is 3.05 bits per heavy atom. The van der Waals surface area contributed by atoms with Gasteiger partial charge >= 0.3 is 0 Å². The van der Waals surface area contributed by atoms with Crippen LogP contribution in [0.4, 0.5) is 0 Å². The van der Waals surface area contributed by atoms with E-state index in [0.29, 0.717) is 26.1 Å². The quantitative estimate of drug-likeness (QED) is 0.727. The van der Waals surface area contributed by atoms with Gasteiger partial charge in [0.15, 0.2) is 5.82 Å². The summed E-state index contributed by atoms with van der Waals surface area (Å²) in [5, 5.41) is 20.5. The molecule has 0 N–H and O–H groups in total. The molecule has 7 nitrogen and oxygen atoms in total. The molecule has 0 unspecified atom stereocenters. The first-order chi connectivity index (χ1) is 9.83. The van der Waals surface area contributed by atoms with Gasteiger partial charge in [-0.25, -0.2) is 4.68 Å². The van der Waals surface area contributed by atoms with E-state index >= 15 is 0 Å². The first kappa shape index (κ1) is 14.2. The highest BCUT2D eigenvalue weighted by molar-refractivity contribution is 4.98. The number of hydrogen-bond donors (Lipinski definition) is 0. The normalized spacial score (nSPS) is 10.8. The van der Waals surface area contributed by atoms with Crippen molar-refractivity contribution in [3.05, 3.63) is 30.0 Å². The highest BCUT2D eigenvalue weighted by Gasteiger charge is 2.13. The molecule has 0 aromatic carbocycles. The number of rotatable bonds is 8. The molecule has 0 saturated carbocycles. The van der Waals surface area contributed by atoms with E-state index in [1.165, 1.54) is 0 Å². The summed E-state index contributed by atoms with van der Waals surface area (Å²) in [5.74, 6) is 1.69. The second kappa shape index (κ2) is 7.40. The third kappa shape index (κ3) is 3.90. The first-order valence-electron chi connectivity index (χ1n) is 6.70. The van der Waals surface area contributed by atoms with Crippen LogP contribution in [-0.4, -0.2) is 31.7 Å². The van der Waals surface area contributed by atoms with E-state index in [-0.39, 0.29) is 0 Å². The molecule has 2 rings (SSSR count). The molecular weight excluding hydrogens is 256 g/mol. The van der Waals surface area contributed by atoms with Crippen molar-refractivity contribution in [2.24, 2.45) is 0 Å². The number of nitrogens with zero attached hydrogens (tertiary/aromatic N) is 6. The van der Waals surface area contributed by atoms with Crippen molar-refractivity contribution in [1.82, 2.24) is 25.1 Å². The van der Waals surface area contributed by atoms with Gasteiger partial charge in [0.1, 0.15) is 5.76 Å². The maximum atomic E-state index is 8.76. The summed E-state index contributed by atoms with van der Waals surface area (Å²) in [6.45, 7) is 4.80. The van der Waals surface area contributed by atoms with Crippen LogP contribution in [-0.2, 0) is 19.6 Å². The third-order valence-corrected chi connectivity index (χ3v) is 2.91. The summed E-state index contributed by atoms with van der Waals surface area (Å²) in [7, 11) is 0. The Bertz CT molecular complexity index is 541. The lowest BCUT2D eigenvalue weighted by Gasteiger charge is -2.19. The van der Waals surface area contributed by atoms with Gasteiger partial charge < -0.3 is 4.42 Å². The van der Waals surface area contributed by atoms with Crippen molar-refractivity contribution in [3.8, 4) is 6.07 Å². The van der Waals surface area contributed by atoms with Gasteiger partial charge in [-0.3, -0.25) is 4.90 Å². The van der Waals surface area contributed by atoms with Gasteiger partial charge in [-0.1, -0.05) is 6.92 Å². The van der Waals surface area contributed by atoms with Crippen LogP contribution in [0.3, 0.4) is 0 Å². The maximum absolute atomic E-state index is 8.76. The molecule has 20 heavy (non-hydrogen) atoms. The fourth-order valence-electron chi connectivity index (χ4n) is 1.97. The molecule has 106 valence electrons. The van der Waals surface area contributed by atoms with Gasteiger partial charge in [0, 0.05) is 19.5 Å². The average molecular weight is 274 g/mol. The van der Waals surface area contributed by atoms with E-state index in [2.05, 4.69) is 33.4 Å². The smallest absolute Gasteiger partial charge is 0.165 e. The first-order valence-corrected chi connectivity index (χ1v) is 6.70. The topological polar surface area (TPSA) is 83.8 Å². The molecule has 0 aliphatic heterocycles. The van der Waals surface area contributed by atoms with E-state index < -0.39 is 0 Å². The number of aryl methyl sites for hydroxylation is 1. The molecule has 0 spiro atoms. The lowest BCUT2D eigenvalue weighted by molar-refractivity contribution is 0.230. The number of furan rings is 1. The van der Waals surface area contributed by atoms with Crippen LogP contribution in [0.2, 0.25) is 0 Å². The third-order valence-electron chi connectivity index (χ3n) is 2.91. The van der Waals surface area contributed by atoms with Gasteiger partial charge in [-0.2, -0.15) is 5.26 Å². The van der Waals surface area contributed by atoms with Gasteiger partial charge in [-0.05, 0) is 29.0 Å². The Morgan fingerprint density at radius 1 is 1.45 bits per heavy atom. The average Bonchev–Trinajstić information content (AvgIpc) is 3.09. The largest absolute Gasteiger partial charge is 0.468 e. The number of aromatic nitrogens is 4. The zero-order chi connectivity index (χ0) is 14.2. The van der Waals surface area contributed by atoms with Crippen LogP contribution < -0.4 is 0 Å². The SMILES string of the molecule is CCCn1nnnc1CN(CCC#N)Cc1ccco1. The summed E-state index contributed by atoms with van der Waals surface area (Å²) in [5.41, 5.74) is 0. The summed E-state index contributed by atoms with van der Waals surface area (Å²) < 4.78 is 7.16. The van der Waals surface area contributed by atoms with E-state index in [4.69, 9.17) is 9.68 Å². The van der Waals surface area contributed by atoms with E-state index in [1.807, 2.05) is 16.8 Å². The monoisotopic (exact) mass is 274 g/mol. The molecule has 2 aromatic heterocycles. The summed E-state index contributed by atoms with van der Waals surface area (Å²) >= 11 is 0. The van der Waals surface area contributed by atoms with Crippen molar-refractivity contribution >= 4 is 0 Å². The lowest BCUT2D eigenvalue weighted by Crippen LogP contribution is -2.25. The predicted molar refractivity (Wildman–Crippen MR) is 71.2 cm³/mol. The zero-order valence-electron chi connectivity index (χ0n) is 11.6. The van der Waals surface area contributed by atoms with Crippen LogP contribution in [0.5, 0.6) is 0 Å². The van der Waals surface area contributed by atoms with E-state index in [1.54, 1.807) is 6.26 Å². The molecule has 2 heterocycles. The van der Waals surface area contributed by atoms with Crippen LogP contribution in [0, 0.1) is 11.3 Å².